The van der Waals surface area contributed by atoms with Gasteiger partial charge in [-0.2, -0.15) is 0 Å². The Bertz CT molecular complexity index is 665. The number of carboxylic acid groups (broad SMARTS) is 1. The second-order valence-corrected chi connectivity index (χ2v) is 6.19. The van der Waals surface area contributed by atoms with E-state index in [1.807, 2.05) is 25.1 Å². The Balaban J connectivity index is 1.63. The van der Waals surface area contributed by atoms with Crippen molar-refractivity contribution in [3.63, 3.8) is 0 Å². The van der Waals surface area contributed by atoms with Gasteiger partial charge in [0.1, 0.15) is 24.7 Å². The Morgan fingerprint density at radius 1 is 1.38 bits per heavy atom. The van der Waals surface area contributed by atoms with Crippen LogP contribution in [-0.2, 0) is 19.1 Å². The third-order valence-electron chi connectivity index (χ3n) is 4.33. The normalized spacial score (nSPS) is 26.1. The molecule has 0 aromatic heterocycles. The Hall–Kier alpha value is -2.34. The summed E-state index contributed by atoms with van der Waals surface area (Å²) < 4.78 is 16.7. The number of hydrogen-bond acceptors (Lipinski definition) is 5. The van der Waals surface area contributed by atoms with Crippen LogP contribution in [0.2, 0.25) is 0 Å². The summed E-state index contributed by atoms with van der Waals surface area (Å²) in [6, 6.07) is 7.47. The van der Waals surface area contributed by atoms with Crippen molar-refractivity contribution in [1.29, 1.82) is 0 Å². The van der Waals surface area contributed by atoms with Crippen LogP contribution in [0.1, 0.15) is 24.8 Å². The minimum atomic E-state index is -0.994. The lowest BCUT2D eigenvalue weighted by atomic mass is 9.80. The molecule has 1 aliphatic carbocycles. The fourth-order valence-corrected chi connectivity index (χ4v) is 3.15. The van der Waals surface area contributed by atoms with Gasteiger partial charge in [-0.3, -0.25) is 4.79 Å². The molecule has 1 aromatic carbocycles. The molecule has 0 spiro atoms. The van der Waals surface area contributed by atoms with Crippen molar-refractivity contribution in [2.24, 2.45) is 5.92 Å². The van der Waals surface area contributed by atoms with Crippen LogP contribution in [-0.4, -0.2) is 35.7 Å². The van der Waals surface area contributed by atoms with E-state index in [0.29, 0.717) is 25.0 Å². The first-order chi connectivity index (χ1) is 11.5. The van der Waals surface area contributed by atoms with Gasteiger partial charge in [0.05, 0.1) is 12.0 Å². The van der Waals surface area contributed by atoms with Crippen LogP contribution >= 0.6 is 0 Å². The van der Waals surface area contributed by atoms with E-state index in [1.165, 1.54) is 6.26 Å². The van der Waals surface area contributed by atoms with Crippen molar-refractivity contribution in [1.82, 2.24) is 0 Å². The number of carbonyl (C=O) groups is 2. The minimum absolute atomic E-state index is 0.0653. The number of hydrogen-bond donors (Lipinski definition) is 1. The zero-order valence-corrected chi connectivity index (χ0v) is 13.4. The van der Waals surface area contributed by atoms with Gasteiger partial charge in [-0.1, -0.05) is 12.1 Å². The number of aliphatic carboxylic acids is 1. The Labute approximate surface area is 140 Å². The summed E-state index contributed by atoms with van der Waals surface area (Å²) in [4.78, 5) is 23.2. The predicted molar refractivity (Wildman–Crippen MR) is 84.5 cm³/mol. The molecule has 1 saturated carbocycles. The van der Waals surface area contributed by atoms with Gasteiger partial charge in [-0.05, 0) is 37.5 Å². The summed E-state index contributed by atoms with van der Waals surface area (Å²) in [6.07, 6.45) is 2.64. The number of rotatable bonds is 5. The molecule has 128 valence electrons. The van der Waals surface area contributed by atoms with E-state index >= 15 is 0 Å². The smallest absolute Gasteiger partial charge is 0.329 e. The molecule has 3 unspecified atom stereocenters. The highest BCUT2D eigenvalue weighted by molar-refractivity contribution is 5.96. The Morgan fingerprint density at radius 3 is 2.96 bits per heavy atom. The molecule has 6 heteroatoms. The molecule has 1 fully saturated rings. The molecule has 3 rings (SSSR count). The Kier molecular flexibility index (Phi) is 4.85. The molecular weight excluding hydrogens is 312 g/mol. The van der Waals surface area contributed by atoms with Crippen molar-refractivity contribution in [2.75, 3.05) is 6.61 Å². The van der Waals surface area contributed by atoms with E-state index in [-0.39, 0.29) is 36.3 Å². The van der Waals surface area contributed by atoms with Gasteiger partial charge in [0.25, 0.3) is 0 Å². The number of benzene rings is 1. The van der Waals surface area contributed by atoms with E-state index in [2.05, 4.69) is 0 Å². The maximum atomic E-state index is 12.6. The van der Waals surface area contributed by atoms with Crippen LogP contribution in [0, 0.1) is 12.8 Å². The third-order valence-corrected chi connectivity index (χ3v) is 4.33. The predicted octanol–water partition coefficient (Wildman–Crippen LogP) is 2.45. The van der Waals surface area contributed by atoms with E-state index in [0.717, 1.165) is 5.56 Å². The van der Waals surface area contributed by atoms with Gasteiger partial charge in [-0.25, -0.2) is 4.79 Å². The summed E-state index contributed by atoms with van der Waals surface area (Å²) in [6.45, 7) is 1.63. The molecule has 0 radical (unpaired) electrons. The second-order valence-electron chi connectivity index (χ2n) is 6.19. The zero-order valence-electron chi connectivity index (χ0n) is 13.4. The van der Waals surface area contributed by atoms with Gasteiger partial charge < -0.3 is 19.3 Å². The van der Waals surface area contributed by atoms with Crippen molar-refractivity contribution >= 4 is 11.8 Å². The third kappa shape index (κ3) is 3.76. The maximum Gasteiger partial charge on any atom is 0.329 e. The van der Waals surface area contributed by atoms with Crippen molar-refractivity contribution in [3.05, 3.63) is 41.9 Å². The molecule has 1 aromatic rings. The standard InChI is InChI=1S/C18H20O6/c1-11-3-2-4-13(7-11)24-16-9-23-15-8-12(22-10-17(19)20)5-6-14(15)18(16)21/h2-4,7,9,12,14-15H,5-6,8,10H2,1H3,(H,19,20). The molecule has 24 heavy (non-hydrogen) atoms. The minimum Gasteiger partial charge on any atom is -0.493 e. The number of carboxylic acids is 1. The fourth-order valence-electron chi connectivity index (χ4n) is 3.15. The number of fused-ring (bicyclic) bond motifs is 1. The molecule has 1 heterocycles. The first-order valence-corrected chi connectivity index (χ1v) is 8.00. The number of aryl methyl sites for hydroxylation is 1. The van der Waals surface area contributed by atoms with Crippen LogP contribution < -0.4 is 4.74 Å². The highest BCUT2D eigenvalue weighted by atomic mass is 16.5. The summed E-state index contributed by atoms with van der Waals surface area (Å²) in [7, 11) is 0. The lowest BCUT2D eigenvalue weighted by Gasteiger charge is -2.36. The highest BCUT2D eigenvalue weighted by Crippen LogP contribution is 2.35. The van der Waals surface area contributed by atoms with Crippen molar-refractivity contribution in [2.45, 2.75) is 38.4 Å². The second kappa shape index (κ2) is 7.05. The van der Waals surface area contributed by atoms with Crippen LogP contribution in [0.3, 0.4) is 0 Å². The molecule has 1 aliphatic heterocycles. The van der Waals surface area contributed by atoms with Crippen LogP contribution in [0.5, 0.6) is 5.75 Å². The monoisotopic (exact) mass is 332 g/mol. The number of Topliss-reactive ketones (excluding diaryl/α,β-unsaturated/α-hetero) is 1. The van der Waals surface area contributed by atoms with E-state index in [1.54, 1.807) is 6.07 Å². The zero-order chi connectivity index (χ0) is 17.1. The van der Waals surface area contributed by atoms with Gasteiger partial charge in [0.15, 0.2) is 0 Å². The average Bonchev–Trinajstić information content (AvgIpc) is 2.55. The molecule has 6 nitrogen and oxygen atoms in total. The lowest BCUT2D eigenvalue weighted by Crippen LogP contribution is -2.42. The number of carbonyl (C=O) groups excluding carboxylic acids is 1. The molecule has 2 aliphatic rings. The number of allylic oxidation sites excluding steroid dienone is 1. The van der Waals surface area contributed by atoms with Crippen molar-refractivity contribution < 1.29 is 28.9 Å². The molecule has 0 amide bonds. The summed E-state index contributed by atoms with van der Waals surface area (Å²) in [5.41, 5.74) is 1.05. The van der Waals surface area contributed by atoms with Gasteiger partial charge in [0, 0.05) is 6.42 Å². The largest absolute Gasteiger partial charge is 0.493 e. The molecule has 0 bridgehead atoms. The summed E-state index contributed by atoms with van der Waals surface area (Å²) in [5, 5.41) is 8.68. The molecule has 0 saturated heterocycles. The lowest BCUT2D eigenvalue weighted by molar-refractivity contribution is -0.149. The topological polar surface area (TPSA) is 82.1 Å². The van der Waals surface area contributed by atoms with Crippen LogP contribution in [0.15, 0.2) is 36.3 Å². The Morgan fingerprint density at radius 2 is 2.21 bits per heavy atom. The number of ether oxygens (including phenoxy) is 3. The van der Waals surface area contributed by atoms with Crippen LogP contribution in [0.4, 0.5) is 0 Å². The summed E-state index contributed by atoms with van der Waals surface area (Å²) >= 11 is 0. The van der Waals surface area contributed by atoms with Gasteiger partial charge in [-0.15, -0.1) is 0 Å². The molecule has 3 atom stereocenters. The quantitative estimate of drug-likeness (QED) is 0.892. The van der Waals surface area contributed by atoms with Gasteiger partial charge in [0.2, 0.25) is 11.5 Å². The van der Waals surface area contributed by atoms with Crippen LogP contribution in [0.25, 0.3) is 0 Å². The first-order valence-electron chi connectivity index (χ1n) is 8.00. The fraction of sp³-hybridized carbons (Fsp3) is 0.444. The van der Waals surface area contributed by atoms with E-state index in [9.17, 15) is 9.59 Å². The highest BCUT2D eigenvalue weighted by Gasteiger charge is 2.41. The summed E-state index contributed by atoms with van der Waals surface area (Å²) in [5.74, 6) is -0.502. The SMILES string of the molecule is Cc1cccc(OC2=COC3CC(OCC(=O)O)CCC3C2=O)c1. The van der Waals surface area contributed by atoms with Crippen molar-refractivity contribution in [3.8, 4) is 5.75 Å². The first kappa shape index (κ1) is 16.5. The molecule has 1 N–H and O–H groups in total. The van der Waals surface area contributed by atoms with Gasteiger partial charge >= 0.3 is 5.97 Å². The van der Waals surface area contributed by atoms with E-state index in [4.69, 9.17) is 19.3 Å². The average molecular weight is 332 g/mol. The van der Waals surface area contributed by atoms with E-state index < -0.39 is 5.97 Å². The maximum absolute atomic E-state index is 12.6. The molecular formula is C18H20O6. The number of ketones is 1.